The zero-order chi connectivity index (χ0) is 29.4. The SMILES string of the molecule is CC(C)Nc1ccc(-c2nn3c(c2C(=O)N[C@H]2N=C(c4ccccc4)c4cccc(F)c4NC2=O)OC(C)CC3)cn1. The predicted octanol–water partition coefficient (Wildman–Crippen LogP) is 4.62. The minimum Gasteiger partial charge on any atom is -0.474 e. The summed E-state index contributed by atoms with van der Waals surface area (Å²) in [5.74, 6) is -0.884. The van der Waals surface area contributed by atoms with Crippen LogP contribution >= 0.6 is 0 Å². The summed E-state index contributed by atoms with van der Waals surface area (Å²) >= 11 is 0. The highest BCUT2D eigenvalue weighted by molar-refractivity contribution is 6.20. The number of halogens is 1. The number of amides is 2. The maximum atomic E-state index is 14.9. The van der Waals surface area contributed by atoms with Crippen molar-refractivity contribution >= 4 is 29.0 Å². The third kappa shape index (κ3) is 5.20. The molecule has 0 bridgehead atoms. The average molecular weight is 568 g/mol. The van der Waals surface area contributed by atoms with Gasteiger partial charge in [0.25, 0.3) is 11.8 Å². The summed E-state index contributed by atoms with van der Waals surface area (Å²) in [6, 6.07) is 17.5. The summed E-state index contributed by atoms with van der Waals surface area (Å²) in [6.45, 7) is 6.52. The largest absolute Gasteiger partial charge is 0.474 e. The number of fused-ring (bicyclic) bond motifs is 2. The molecule has 0 spiro atoms. The Kier molecular flexibility index (Phi) is 7.15. The van der Waals surface area contributed by atoms with Crippen molar-refractivity contribution in [2.75, 3.05) is 10.6 Å². The number of carbonyl (C=O) groups is 2. The maximum absolute atomic E-state index is 14.9. The van der Waals surface area contributed by atoms with E-state index in [2.05, 4.69) is 31.0 Å². The molecule has 2 amide bonds. The van der Waals surface area contributed by atoms with E-state index in [0.29, 0.717) is 46.3 Å². The lowest BCUT2D eigenvalue weighted by atomic mass is 10.0. The van der Waals surface area contributed by atoms with Gasteiger partial charge in [-0.15, -0.1) is 0 Å². The molecule has 2 aromatic carbocycles. The van der Waals surface area contributed by atoms with Crippen LogP contribution < -0.4 is 20.7 Å². The number of carbonyl (C=O) groups excluding carboxylic acids is 2. The van der Waals surface area contributed by atoms with Crippen LogP contribution in [0.5, 0.6) is 5.88 Å². The Morgan fingerprint density at radius 2 is 1.90 bits per heavy atom. The van der Waals surface area contributed by atoms with Crippen molar-refractivity contribution in [3.63, 3.8) is 0 Å². The molecule has 0 aliphatic carbocycles. The standard InChI is InChI=1S/C31H30FN7O3/c1-17(2)34-23-13-12-20(16-33-23)26-24(31-39(38-26)15-14-18(3)42-31)29(40)37-28-30(41)36-27-21(10-7-11-22(27)32)25(35-28)19-8-5-4-6-9-19/h4-13,16-18,28H,14-15H2,1-3H3,(H,33,34)(H,36,41)(H,37,40)/t18?,28-/m1/s1. The van der Waals surface area contributed by atoms with Gasteiger partial charge in [-0.05, 0) is 39.0 Å². The number of ether oxygens (including phenoxy) is 1. The summed E-state index contributed by atoms with van der Waals surface area (Å²) in [4.78, 5) is 36.5. The number of nitrogens with one attached hydrogen (secondary N) is 3. The maximum Gasteiger partial charge on any atom is 0.269 e. The molecule has 2 atom stereocenters. The first kappa shape index (κ1) is 27.1. The van der Waals surface area contributed by atoms with Crippen LogP contribution in [0.1, 0.15) is 48.7 Å². The van der Waals surface area contributed by atoms with Crippen molar-refractivity contribution < 1.29 is 18.7 Å². The number of aryl methyl sites for hydroxylation is 1. The molecule has 214 valence electrons. The molecule has 11 heteroatoms. The van der Waals surface area contributed by atoms with Crippen LogP contribution in [-0.2, 0) is 11.3 Å². The number of anilines is 2. The van der Waals surface area contributed by atoms with Gasteiger partial charge in [0.15, 0.2) is 0 Å². The molecule has 0 radical (unpaired) electrons. The molecule has 0 saturated heterocycles. The highest BCUT2D eigenvalue weighted by Crippen LogP contribution is 2.34. The average Bonchev–Trinajstić information content (AvgIpc) is 3.28. The Bertz CT molecular complexity index is 1680. The Hall–Kier alpha value is -5.06. The third-order valence-corrected chi connectivity index (χ3v) is 7.01. The molecule has 2 aromatic heterocycles. The number of para-hydroxylation sites is 1. The second-order valence-corrected chi connectivity index (χ2v) is 10.6. The van der Waals surface area contributed by atoms with Crippen molar-refractivity contribution in [1.82, 2.24) is 20.1 Å². The Morgan fingerprint density at radius 3 is 2.64 bits per heavy atom. The Labute approximate surface area is 242 Å². The van der Waals surface area contributed by atoms with E-state index in [1.807, 2.05) is 63.2 Å². The van der Waals surface area contributed by atoms with Crippen molar-refractivity contribution in [2.45, 2.75) is 52.0 Å². The van der Waals surface area contributed by atoms with Crippen LogP contribution in [0.15, 0.2) is 71.9 Å². The highest BCUT2D eigenvalue weighted by Gasteiger charge is 2.34. The summed E-state index contributed by atoms with van der Waals surface area (Å²) in [5.41, 5.74) is 2.61. The number of rotatable bonds is 6. The first-order chi connectivity index (χ1) is 20.3. The van der Waals surface area contributed by atoms with Crippen LogP contribution in [0.3, 0.4) is 0 Å². The summed E-state index contributed by atoms with van der Waals surface area (Å²) in [7, 11) is 0. The number of benzodiazepines with no additional fused rings is 1. The van der Waals surface area contributed by atoms with Gasteiger partial charge in [-0.3, -0.25) is 9.59 Å². The number of pyridine rings is 1. The molecule has 0 fully saturated rings. The lowest BCUT2D eigenvalue weighted by molar-refractivity contribution is -0.117. The van der Waals surface area contributed by atoms with E-state index in [4.69, 9.17) is 4.74 Å². The second-order valence-electron chi connectivity index (χ2n) is 10.6. The van der Waals surface area contributed by atoms with Crippen LogP contribution in [-0.4, -0.2) is 50.6 Å². The molecule has 10 nitrogen and oxygen atoms in total. The van der Waals surface area contributed by atoms with Crippen LogP contribution in [0.4, 0.5) is 15.9 Å². The van der Waals surface area contributed by atoms with Gasteiger partial charge in [0, 0.05) is 41.9 Å². The molecule has 2 aliphatic heterocycles. The molecule has 1 unspecified atom stereocenters. The quantitative estimate of drug-likeness (QED) is 0.313. The van der Waals surface area contributed by atoms with E-state index < -0.39 is 23.8 Å². The molecule has 0 saturated carbocycles. The molecule has 4 aromatic rings. The van der Waals surface area contributed by atoms with Crippen LogP contribution in [0.2, 0.25) is 0 Å². The van der Waals surface area contributed by atoms with Gasteiger partial charge in [-0.25, -0.2) is 19.0 Å². The molecule has 42 heavy (non-hydrogen) atoms. The van der Waals surface area contributed by atoms with Crippen molar-refractivity contribution in [3.8, 4) is 17.1 Å². The number of aromatic nitrogens is 3. The van der Waals surface area contributed by atoms with Crippen molar-refractivity contribution in [2.24, 2.45) is 4.99 Å². The molecule has 6 rings (SSSR count). The minimum absolute atomic E-state index is 0.00350. The fraction of sp³-hybridized carbons (Fsp3) is 0.258. The molecule has 2 aliphatic rings. The van der Waals surface area contributed by atoms with Gasteiger partial charge in [0.05, 0.1) is 17.5 Å². The van der Waals surface area contributed by atoms with Crippen molar-refractivity contribution in [1.29, 1.82) is 0 Å². The first-order valence-corrected chi connectivity index (χ1v) is 13.8. The van der Waals surface area contributed by atoms with E-state index in [0.717, 1.165) is 6.42 Å². The van der Waals surface area contributed by atoms with E-state index in [-0.39, 0.29) is 23.4 Å². The molecule has 3 N–H and O–H groups in total. The van der Waals surface area contributed by atoms with Crippen LogP contribution in [0, 0.1) is 5.82 Å². The Morgan fingerprint density at radius 1 is 1.10 bits per heavy atom. The molecular weight excluding hydrogens is 537 g/mol. The predicted molar refractivity (Wildman–Crippen MR) is 157 cm³/mol. The second kappa shape index (κ2) is 11.1. The van der Waals surface area contributed by atoms with E-state index in [9.17, 15) is 14.0 Å². The fourth-order valence-electron chi connectivity index (χ4n) is 5.01. The zero-order valence-corrected chi connectivity index (χ0v) is 23.4. The number of aliphatic imine (C=N–C) groups is 1. The van der Waals surface area contributed by atoms with E-state index >= 15 is 0 Å². The number of benzene rings is 2. The van der Waals surface area contributed by atoms with Gasteiger partial charge < -0.3 is 20.7 Å². The number of nitrogens with zero attached hydrogens (tertiary/aromatic N) is 4. The number of hydrogen-bond donors (Lipinski definition) is 3. The highest BCUT2D eigenvalue weighted by atomic mass is 19.1. The van der Waals surface area contributed by atoms with Gasteiger partial charge in [0.2, 0.25) is 12.0 Å². The van der Waals surface area contributed by atoms with Crippen molar-refractivity contribution in [3.05, 3.63) is 89.4 Å². The lowest BCUT2D eigenvalue weighted by Gasteiger charge is -2.22. The monoisotopic (exact) mass is 567 g/mol. The minimum atomic E-state index is -1.36. The summed E-state index contributed by atoms with van der Waals surface area (Å²) < 4.78 is 22.6. The summed E-state index contributed by atoms with van der Waals surface area (Å²) in [5, 5.41) is 13.3. The van der Waals surface area contributed by atoms with E-state index in [1.165, 1.54) is 6.07 Å². The third-order valence-electron chi connectivity index (χ3n) is 7.01. The van der Waals surface area contributed by atoms with Gasteiger partial charge in [0.1, 0.15) is 22.9 Å². The normalized spacial score (nSPS) is 17.7. The Balaban J connectivity index is 1.40. The smallest absolute Gasteiger partial charge is 0.269 e. The fourth-order valence-corrected chi connectivity index (χ4v) is 5.01. The zero-order valence-electron chi connectivity index (χ0n) is 23.4. The van der Waals surface area contributed by atoms with E-state index in [1.54, 1.807) is 23.0 Å². The lowest BCUT2D eigenvalue weighted by Crippen LogP contribution is -2.42. The van der Waals surface area contributed by atoms with Crippen LogP contribution in [0.25, 0.3) is 11.3 Å². The summed E-state index contributed by atoms with van der Waals surface area (Å²) in [6.07, 6.45) is 0.873. The number of hydrogen-bond acceptors (Lipinski definition) is 7. The van der Waals surface area contributed by atoms with Gasteiger partial charge in [-0.1, -0.05) is 42.5 Å². The topological polar surface area (TPSA) is 123 Å². The first-order valence-electron chi connectivity index (χ1n) is 13.8. The van der Waals surface area contributed by atoms with Gasteiger partial charge >= 0.3 is 0 Å². The molecule has 4 heterocycles. The molecular formula is C31H30FN7O3. The van der Waals surface area contributed by atoms with Gasteiger partial charge in [-0.2, -0.15) is 5.10 Å².